The number of benzene rings is 1. The Balaban J connectivity index is 1.22. The van der Waals surface area contributed by atoms with Crippen molar-refractivity contribution in [3.8, 4) is 0 Å². The molecule has 2 N–H and O–H groups in total. The summed E-state index contributed by atoms with van der Waals surface area (Å²) in [5, 5.41) is 0. The third kappa shape index (κ3) is 6.09. The number of nitrogens with zero attached hydrogens (tertiary/aromatic N) is 2. The van der Waals surface area contributed by atoms with E-state index in [1.165, 1.54) is 18.4 Å². The molecule has 7 nitrogen and oxygen atoms in total. The van der Waals surface area contributed by atoms with Gasteiger partial charge in [0.2, 0.25) is 0 Å². The predicted octanol–water partition coefficient (Wildman–Crippen LogP) is 3.48. The van der Waals surface area contributed by atoms with E-state index in [2.05, 4.69) is 4.90 Å². The smallest absolute Gasteiger partial charge is 0.416 e. The number of carbonyl (C=O) groups excluding carboxylic acids is 2. The van der Waals surface area contributed by atoms with Gasteiger partial charge in [-0.1, -0.05) is 6.07 Å². The van der Waals surface area contributed by atoms with Crippen molar-refractivity contribution in [2.75, 3.05) is 44.2 Å². The van der Waals surface area contributed by atoms with Crippen molar-refractivity contribution >= 4 is 17.6 Å². The molecular formula is C25H32F3N3O4. The summed E-state index contributed by atoms with van der Waals surface area (Å²) in [5.74, 6) is -0.732. The molecule has 2 aliphatic heterocycles. The van der Waals surface area contributed by atoms with Crippen molar-refractivity contribution in [2.45, 2.75) is 50.3 Å². The predicted molar refractivity (Wildman–Crippen MR) is 123 cm³/mol. The van der Waals surface area contributed by atoms with Gasteiger partial charge in [0, 0.05) is 38.3 Å². The number of primary amides is 1. The molecule has 0 aromatic heterocycles. The normalized spacial score (nSPS) is 25.6. The zero-order chi connectivity index (χ0) is 25.1. The van der Waals surface area contributed by atoms with Gasteiger partial charge in [-0.15, -0.1) is 0 Å². The van der Waals surface area contributed by atoms with Gasteiger partial charge in [0.15, 0.2) is 5.60 Å². The molecule has 0 bridgehead atoms. The molecule has 1 aromatic rings. The molecular weight excluding hydrogens is 463 g/mol. The fraction of sp³-hybridized carbons (Fsp3) is 0.600. The molecule has 4 rings (SSSR count). The molecule has 192 valence electrons. The molecule has 1 amide bonds. The fourth-order valence-electron chi connectivity index (χ4n) is 5.09. The van der Waals surface area contributed by atoms with Crippen LogP contribution in [0.1, 0.15) is 44.1 Å². The minimum atomic E-state index is -4.34. The molecule has 1 aliphatic carbocycles. The van der Waals surface area contributed by atoms with Gasteiger partial charge in [0.1, 0.15) is 0 Å². The molecule has 0 spiro atoms. The van der Waals surface area contributed by atoms with E-state index in [1.807, 2.05) is 4.90 Å². The van der Waals surface area contributed by atoms with Gasteiger partial charge in [-0.05, 0) is 62.8 Å². The van der Waals surface area contributed by atoms with Gasteiger partial charge < -0.3 is 20.1 Å². The number of amides is 1. The van der Waals surface area contributed by atoms with Gasteiger partial charge in [-0.3, -0.25) is 9.69 Å². The van der Waals surface area contributed by atoms with Crippen LogP contribution in [0.3, 0.4) is 0 Å². The van der Waals surface area contributed by atoms with Crippen LogP contribution in [-0.4, -0.2) is 61.7 Å². The molecule has 0 unspecified atom stereocenters. The van der Waals surface area contributed by atoms with Crippen LogP contribution in [0.15, 0.2) is 36.1 Å². The third-order valence-electron chi connectivity index (χ3n) is 7.39. The highest BCUT2D eigenvalue weighted by Crippen LogP contribution is 2.37. The number of anilines is 1. The molecule has 10 heteroatoms. The Morgan fingerprint density at radius 1 is 1.14 bits per heavy atom. The molecule has 35 heavy (non-hydrogen) atoms. The molecule has 0 radical (unpaired) electrons. The van der Waals surface area contributed by atoms with E-state index in [1.54, 1.807) is 6.07 Å². The van der Waals surface area contributed by atoms with Crippen LogP contribution in [0.25, 0.3) is 0 Å². The molecule has 1 aromatic carbocycles. The van der Waals surface area contributed by atoms with Crippen LogP contribution in [0.2, 0.25) is 0 Å². The lowest BCUT2D eigenvalue weighted by atomic mass is 9.77. The minimum absolute atomic E-state index is 0.400. The van der Waals surface area contributed by atoms with Crippen molar-refractivity contribution in [3.63, 3.8) is 0 Å². The molecule has 2 fully saturated rings. The van der Waals surface area contributed by atoms with Gasteiger partial charge in [0.25, 0.3) is 5.91 Å². The summed E-state index contributed by atoms with van der Waals surface area (Å²) in [6, 6.07) is 5.49. The third-order valence-corrected chi connectivity index (χ3v) is 7.39. The standard InChI is InChI=1S/C25H32F3N3O4/c26-25(27,28)20-2-1-3-21(16-20)31-13-11-30(12-14-31)10-6-18-4-8-24(9-5-18,23(29)33)35-22(32)19-7-15-34-17-19/h1-3,16-18H,4-15H2,(H2,29,33). The van der Waals surface area contributed by atoms with E-state index in [0.29, 0.717) is 56.1 Å². The summed E-state index contributed by atoms with van der Waals surface area (Å²) in [6.45, 7) is 4.23. The molecule has 3 aliphatic rings. The maximum atomic E-state index is 13.0. The van der Waals surface area contributed by atoms with E-state index in [9.17, 15) is 22.8 Å². The van der Waals surface area contributed by atoms with Gasteiger partial charge in [-0.2, -0.15) is 13.2 Å². The maximum Gasteiger partial charge on any atom is 0.416 e. The van der Waals surface area contributed by atoms with Crippen molar-refractivity contribution in [1.29, 1.82) is 0 Å². The highest BCUT2D eigenvalue weighted by atomic mass is 19.4. The van der Waals surface area contributed by atoms with Crippen molar-refractivity contribution in [1.82, 2.24) is 4.90 Å². The number of rotatable bonds is 7. The first-order valence-corrected chi connectivity index (χ1v) is 12.1. The highest BCUT2D eigenvalue weighted by Gasteiger charge is 2.44. The number of ether oxygens (including phenoxy) is 2. The Morgan fingerprint density at radius 2 is 1.86 bits per heavy atom. The Bertz CT molecular complexity index is 950. The number of piperazine rings is 1. The first-order valence-electron chi connectivity index (χ1n) is 12.1. The minimum Gasteiger partial charge on any atom is -0.500 e. The lowest BCUT2D eigenvalue weighted by molar-refractivity contribution is -0.168. The summed E-state index contributed by atoms with van der Waals surface area (Å²) in [7, 11) is 0. The first kappa shape index (κ1) is 25.3. The molecule has 1 saturated heterocycles. The zero-order valence-corrected chi connectivity index (χ0v) is 19.7. The Hall–Kier alpha value is -2.75. The molecule has 2 heterocycles. The number of carbonyl (C=O) groups is 2. The number of esters is 1. The van der Waals surface area contributed by atoms with E-state index in [4.69, 9.17) is 15.2 Å². The summed E-state index contributed by atoms with van der Waals surface area (Å²) < 4.78 is 49.7. The number of hydrogen-bond donors (Lipinski definition) is 1. The molecule has 1 saturated carbocycles. The zero-order valence-electron chi connectivity index (χ0n) is 19.7. The topological polar surface area (TPSA) is 85.1 Å². The van der Waals surface area contributed by atoms with Crippen LogP contribution in [-0.2, 0) is 25.2 Å². The maximum absolute atomic E-state index is 13.0. The van der Waals surface area contributed by atoms with E-state index < -0.39 is 29.2 Å². The lowest BCUT2D eigenvalue weighted by Crippen LogP contribution is -2.50. The summed E-state index contributed by atoms with van der Waals surface area (Å²) in [6.07, 6.45) is 0.779. The van der Waals surface area contributed by atoms with Crippen LogP contribution >= 0.6 is 0 Å². The Labute approximate surface area is 203 Å². The van der Waals surface area contributed by atoms with Crippen molar-refractivity contribution in [3.05, 3.63) is 41.7 Å². The number of alkyl halides is 3. The fourth-order valence-corrected chi connectivity index (χ4v) is 5.09. The number of hydrogen-bond acceptors (Lipinski definition) is 6. The second-order valence-corrected chi connectivity index (χ2v) is 9.62. The summed E-state index contributed by atoms with van der Waals surface area (Å²) >= 11 is 0. The largest absolute Gasteiger partial charge is 0.500 e. The average Bonchev–Trinajstić information content (AvgIpc) is 3.39. The van der Waals surface area contributed by atoms with E-state index in [-0.39, 0.29) is 0 Å². The number of halogens is 3. The Morgan fingerprint density at radius 3 is 2.46 bits per heavy atom. The second kappa shape index (κ2) is 10.5. The van der Waals surface area contributed by atoms with Gasteiger partial charge >= 0.3 is 12.1 Å². The van der Waals surface area contributed by atoms with E-state index in [0.717, 1.165) is 45.0 Å². The monoisotopic (exact) mass is 495 g/mol. The number of nitrogens with two attached hydrogens (primary N) is 1. The summed E-state index contributed by atoms with van der Waals surface area (Å²) in [4.78, 5) is 28.9. The lowest BCUT2D eigenvalue weighted by Gasteiger charge is -2.39. The van der Waals surface area contributed by atoms with Crippen LogP contribution in [0, 0.1) is 5.92 Å². The molecule has 0 atom stereocenters. The second-order valence-electron chi connectivity index (χ2n) is 9.62. The Kier molecular flexibility index (Phi) is 7.59. The van der Waals surface area contributed by atoms with Crippen molar-refractivity contribution < 1.29 is 32.2 Å². The van der Waals surface area contributed by atoms with Crippen LogP contribution in [0.5, 0.6) is 0 Å². The SMILES string of the molecule is NC(=O)C1(OC(=O)C2=COCC2)CCC(CCN2CCN(c3cccc(C(F)(F)F)c3)CC2)CC1. The van der Waals surface area contributed by atoms with Gasteiger partial charge in [-0.25, -0.2) is 4.79 Å². The first-order chi connectivity index (χ1) is 16.7. The quantitative estimate of drug-likeness (QED) is 0.583. The summed E-state index contributed by atoms with van der Waals surface area (Å²) in [5.41, 5.74) is 4.79. The van der Waals surface area contributed by atoms with E-state index >= 15 is 0 Å². The van der Waals surface area contributed by atoms with Crippen LogP contribution in [0.4, 0.5) is 18.9 Å². The highest BCUT2D eigenvalue weighted by molar-refractivity contribution is 5.93. The van der Waals surface area contributed by atoms with Gasteiger partial charge in [0.05, 0.1) is 24.0 Å². The van der Waals surface area contributed by atoms with Crippen LogP contribution < -0.4 is 10.6 Å². The van der Waals surface area contributed by atoms with Crippen molar-refractivity contribution in [2.24, 2.45) is 11.7 Å². The average molecular weight is 496 g/mol.